The fraction of sp³-hybridized carbons (Fsp3) is 0.583. The average Bonchev–Trinajstić information content (AvgIpc) is 2.39. The molecule has 1 heterocycles. The Morgan fingerprint density at radius 2 is 2.12 bits per heavy atom. The van der Waals surface area contributed by atoms with Gasteiger partial charge in [-0.3, -0.25) is 0 Å². The van der Waals surface area contributed by atoms with Crippen molar-refractivity contribution in [2.45, 2.75) is 38.0 Å². The highest BCUT2D eigenvalue weighted by molar-refractivity contribution is 5.91. The molecule has 1 saturated carbocycles. The van der Waals surface area contributed by atoms with Crippen LogP contribution in [0.25, 0.3) is 0 Å². The van der Waals surface area contributed by atoms with Crippen molar-refractivity contribution in [3.63, 3.8) is 0 Å². The van der Waals surface area contributed by atoms with Crippen molar-refractivity contribution in [1.82, 2.24) is 9.97 Å². The van der Waals surface area contributed by atoms with Crippen molar-refractivity contribution in [3.8, 4) is 0 Å². The van der Waals surface area contributed by atoms with Gasteiger partial charge in [0.1, 0.15) is 0 Å². The summed E-state index contributed by atoms with van der Waals surface area (Å²) >= 11 is 0. The second-order valence-corrected chi connectivity index (χ2v) is 4.36. The number of anilines is 1. The van der Waals surface area contributed by atoms with Gasteiger partial charge in [-0.05, 0) is 12.8 Å². The van der Waals surface area contributed by atoms with Crippen LogP contribution < -0.4 is 5.73 Å². The number of nitrogens with zero attached hydrogens (tertiary/aromatic N) is 2. The molecule has 2 N–H and O–H groups in total. The number of ether oxygens (including phenoxy) is 1. The quantitative estimate of drug-likeness (QED) is 0.792. The topological polar surface area (TPSA) is 78.1 Å². The number of nitrogen functional groups attached to an aromatic ring is 1. The molecule has 0 bridgehead atoms. The molecule has 0 atom stereocenters. The van der Waals surface area contributed by atoms with E-state index < -0.39 is 5.97 Å². The van der Waals surface area contributed by atoms with Gasteiger partial charge in [0.2, 0.25) is 0 Å². The fourth-order valence-corrected chi connectivity index (χ4v) is 2.27. The molecular formula is C12H17N3O2. The minimum absolute atomic E-state index is 0.104. The molecule has 0 aliphatic heterocycles. The minimum Gasteiger partial charge on any atom is -0.464 e. The second-order valence-electron chi connectivity index (χ2n) is 4.36. The van der Waals surface area contributed by atoms with Gasteiger partial charge in [-0.25, -0.2) is 14.8 Å². The number of rotatable bonds is 2. The van der Waals surface area contributed by atoms with Crippen molar-refractivity contribution >= 4 is 11.8 Å². The summed E-state index contributed by atoms with van der Waals surface area (Å²) in [5, 5.41) is 0. The fourth-order valence-electron chi connectivity index (χ4n) is 2.27. The second kappa shape index (κ2) is 5.12. The summed E-state index contributed by atoms with van der Waals surface area (Å²) < 4.78 is 4.58. The Morgan fingerprint density at radius 1 is 1.41 bits per heavy atom. The smallest absolute Gasteiger partial charge is 0.360 e. The Morgan fingerprint density at radius 3 is 2.71 bits per heavy atom. The maximum Gasteiger partial charge on any atom is 0.360 e. The lowest BCUT2D eigenvalue weighted by molar-refractivity contribution is 0.0595. The van der Waals surface area contributed by atoms with Crippen LogP contribution in [0.15, 0.2) is 6.20 Å². The molecule has 1 aromatic rings. The maximum absolute atomic E-state index is 11.3. The molecule has 0 saturated heterocycles. The molecule has 1 aliphatic carbocycles. The summed E-state index contributed by atoms with van der Waals surface area (Å²) in [4.78, 5) is 19.7. The molecule has 1 aromatic heterocycles. The van der Waals surface area contributed by atoms with Crippen molar-refractivity contribution < 1.29 is 9.53 Å². The third-order valence-electron chi connectivity index (χ3n) is 3.22. The van der Waals surface area contributed by atoms with Crippen LogP contribution in [0.5, 0.6) is 0 Å². The molecular weight excluding hydrogens is 218 g/mol. The van der Waals surface area contributed by atoms with Gasteiger partial charge in [0.15, 0.2) is 11.5 Å². The number of nitrogens with two attached hydrogens (primary N) is 1. The van der Waals surface area contributed by atoms with E-state index in [0.29, 0.717) is 5.92 Å². The monoisotopic (exact) mass is 235 g/mol. The number of methoxy groups -OCH3 is 1. The van der Waals surface area contributed by atoms with Crippen LogP contribution in [0, 0.1) is 0 Å². The van der Waals surface area contributed by atoms with E-state index in [0.717, 1.165) is 18.5 Å². The average molecular weight is 235 g/mol. The van der Waals surface area contributed by atoms with Crippen LogP contribution in [0.1, 0.15) is 54.2 Å². The number of carbonyl (C=O) groups is 1. The van der Waals surface area contributed by atoms with Crippen LogP contribution >= 0.6 is 0 Å². The zero-order valence-corrected chi connectivity index (χ0v) is 9.98. The number of hydrogen-bond acceptors (Lipinski definition) is 5. The van der Waals surface area contributed by atoms with E-state index in [1.165, 1.54) is 26.4 Å². The molecule has 1 fully saturated rings. The molecule has 5 heteroatoms. The summed E-state index contributed by atoms with van der Waals surface area (Å²) in [5.74, 6) is 0.0652. The molecule has 92 valence electrons. The zero-order valence-electron chi connectivity index (χ0n) is 9.98. The first-order chi connectivity index (χ1) is 8.22. The highest BCUT2D eigenvalue weighted by atomic mass is 16.5. The summed E-state index contributed by atoms with van der Waals surface area (Å²) in [6.45, 7) is 0. The lowest BCUT2D eigenvalue weighted by atomic mass is 9.87. The van der Waals surface area contributed by atoms with Crippen molar-refractivity contribution in [1.29, 1.82) is 0 Å². The third-order valence-corrected chi connectivity index (χ3v) is 3.22. The molecule has 17 heavy (non-hydrogen) atoms. The Labute approximate surface area is 100 Å². The van der Waals surface area contributed by atoms with Crippen LogP contribution in [0.4, 0.5) is 5.82 Å². The normalized spacial score (nSPS) is 16.8. The molecule has 2 rings (SSSR count). The van der Waals surface area contributed by atoms with Crippen molar-refractivity contribution in [2.75, 3.05) is 12.8 Å². The third kappa shape index (κ3) is 2.54. The number of carbonyl (C=O) groups excluding carboxylic acids is 1. The van der Waals surface area contributed by atoms with E-state index in [-0.39, 0.29) is 11.5 Å². The van der Waals surface area contributed by atoms with Gasteiger partial charge in [0.05, 0.1) is 12.8 Å². The van der Waals surface area contributed by atoms with Crippen LogP contribution in [0.3, 0.4) is 0 Å². The molecule has 1 aliphatic rings. The van der Waals surface area contributed by atoms with E-state index in [1.54, 1.807) is 6.20 Å². The van der Waals surface area contributed by atoms with E-state index in [9.17, 15) is 4.79 Å². The Kier molecular flexibility index (Phi) is 3.56. The zero-order chi connectivity index (χ0) is 12.3. The number of aromatic nitrogens is 2. The summed E-state index contributed by atoms with van der Waals surface area (Å²) in [6.07, 6.45) is 7.66. The van der Waals surface area contributed by atoms with Gasteiger partial charge >= 0.3 is 5.97 Å². The summed E-state index contributed by atoms with van der Waals surface area (Å²) in [6, 6.07) is 0. The lowest BCUT2D eigenvalue weighted by Gasteiger charge is -2.20. The summed E-state index contributed by atoms with van der Waals surface area (Å²) in [5.41, 5.74) is 6.73. The molecule has 0 aromatic carbocycles. The Bertz CT molecular complexity index is 414. The van der Waals surface area contributed by atoms with Crippen LogP contribution in [-0.4, -0.2) is 23.0 Å². The van der Waals surface area contributed by atoms with Crippen molar-refractivity contribution in [3.05, 3.63) is 17.6 Å². The Hall–Kier alpha value is -1.65. The first-order valence-electron chi connectivity index (χ1n) is 5.93. The molecule has 0 radical (unpaired) electrons. The van der Waals surface area contributed by atoms with Gasteiger partial charge in [-0.1, -0.05) is 19.3 Å². The molecule has 0 spiro atoms. The molecule has 0 amide bonds. The summed E-state index contributed by atoms with van der Waals surface area (Å²) in [7, 11) is 1.30. The first-order valence-corrected chi connectivity index (χ1v) is 5.93. The standard InChI is InChI=1S/C12H17N3O2/c1-17-12(16)10-11(13)15-9(7-14-10)8-5-3-2-4-6-8/h7-8H,2-6H2,1H3,(H2,13,15). The van der Waals surface area contributed by atoms with Crippen molar-refractivity contribution in [2.24, 2.45) is 0 Å². The van der Waals surface area contributed by atoms with Gasteiger partial charge in [-0.2, -0.15) is 0 Å². The number of hydrogen-bond donors (Lipinski definition) is 1. The minimum atomic E-state index is -0.537. The first kappa shape index (κ1) is 11.8. The van der Waals surface area contributed by atoms with Gasteiger partial charge in [-0.15, -0.1) is 0 Å². The van der Waals surface area contributed by atoms with Gasteiger partial charge in [0.25, 0.3) is 0 Å². The SMILES string of the molecule is COC(=O)c1ncc(C2CCCCC2)nc1N. The van der Waals surface area contributed by atoms with Gasteiger partial charge in [0, 0.05) is 12.1 Å². The highest BCUT2D eigenvalue weighted by Gasteiger charge is 2.20. The van der Waals surface area contributed by atoms with E-state index >= 15 is 0 Å². The van der Waals surface area contributed by atoms with E-state index in [4.69, 9.17) is 5.73 Å². The maximum atomic E-state index is 11.3. The van der Waals surface area contributed by atoms with E-state index in [1.807, 2.05) is 0 Å². The van der Waals surface area contributed by atoms with Gasteiger partial charge < -0.3 is 10.5 Å². The molecule has 0 unspecified atom stereocenters. The largest absolute Gasteiger partial charge is 0.464 e. The number of esters is 1. The lowest BCUT2D eigenvalue weighted by Crippen LogP contribution is -2.14. The van der Waals surface area contributed by atoms with Crippen LogP contribution in [-0.2, 0) is 4.74 Å². The van der Waals surface area contributed by atoms with Crippen LogP contribution in [0.2, 0.25) is 0 Å². The predicted molar refractivity (Wildman–Crippen MR) is 63.6 cm³/mol. The predicted octanol–water partition coefficient (Wildman–Crippen LogP) is 1.89. The molecule has 5 nitrogen and oxygen atoms in total. The highest BCUT2D eigenvalue weighted by Crippen LogP contribution is 2.31. The Balaban J connectivity index is 2.20. The van der Waals surface area contributed by atoms with E-state index in [2.05, 4.69) is 14.7 Å².